The van der Waals surface area contributed by atoms with E-state index in [1.807, 2.05) is 24.1 Å². The standard InChI is InChI=1S/C19H17BrN4O3S4/c1-4-23-16(25)15(17-24(11(2)12(3)29-17)18-21-9-10-28-18)30-19(23)22-31(26,27)14-7-5-13(20)6-8-14/h5-10H,4H2,1-3H3/b17-15+,22-19+. The van der Waals surface area contributed by atoms with Crippen LogP contribution in [0.2, 0.25) is 0 Å². The molecule has 3 heterocycles. The van der Waals surface area contributed by atoms with Crippen molar-refractivity contribution in [2.75, 3.05) is 11.4 Å². The predicted octanol–water partition coefficient (Wildman–Crippen LogP) is 5.22. The number of thiazole rings is 1. The van der Waals surface area contributed by atoms with E-state index < -0.39 is 10.0 Å². The first-order chi connectivity index (χ1) is 14.7. The van der Waals surface area contributed by atoms with E-state index in [1.54, 1.807) is 25.3 Å². The van der Waals surface area contributed by atoms with Gasteiger partial charge in [0.25, 0.3) is 15.9 Å². The van der Waals surface area contributed by atoms with Gasteiger partial charge in [0.05, 0.1) is 4.90 Å². The minimum absolute atomic E-state index is 0.0708. The van der Waals surface area contributed by atoms with Crippen LogP contribution in [0, 0.1) is 0 Å². The third-order valence-corrected chi connectivity index (χ3v) is 9.65. The van der Waals surface area contributed by atoms with Gasteiger partial charge in [0.15, 0.2) is 10.3 Å². The Morgan fingerprint density at radius 3 is 2.48 bits per heavy atom. The number of allylic oxidation sites excluding steroid dienone is 2. The van der Waals surface area contributed by atoms with Gasteiger partial charge < -0.3 is 0 Å². The van der Waals surface area contributed by atoms with Crippen LogP contribution < -0.4 is 4.90 Å². The van der Waals surface area contributed by atoms with Crippen LogP contribution in [0.3, 0.4) is 0 Å². The number of carbonyl (C=O) groups is 1. The number of nitrogens with zero attached hydrogens (tertiary/aromatic N) is 4. The molecule has 4 rings (SSSR count). The average Bonchev–Trinajstić information content (AvgIpc) is 3.41. The summed E-state index contributed by atoms with van der Waals surface area (Å²) in [6.45, 7) is 6.07. The molecule has 0 aliphatic carbocycles. The number of rotatable bonds is 4. The predicted molar refractivity (Wildman–Crippen MR) is 131 cm³/mol. The highest BCUT2D eigenvalue weighted by atomic mass is 79.9. The maximum absolute atomic E-state index is 13.2. The van der Waals surface area contributed by atoms with Gasteiger partial charge in [-0.15, -0.1) is 15.7 Å². The topological polar surface area (TPSA) is 82.9 Å². The lowest BCUT2D eigenvalue weighted by molar-refractivity contribution is -0.122. The molecule has 1 amide bonds. The zero-order valence-corrected chi connectivity index (χ0v) is 21.5. The molecule has 1 saturated heterocycles. The first-order valence-corrected chi connectivity index (χ1v) is 13.9. The second kappa shape index (κ2) is 8.74. The monoisotopic (exact) mass is 556 g/mol. The lowest BCUT2D eigenvalue weighted by Gasteiger charge is -2.19. The number of hydrogen-bond donors (Lipinski definition) is 0. The van der Waals surface area contributed by atoms with Crippen LogP contribution in [-0.4, -0.2) is 35.9 Å². The Morgan fingerprint density at radius 2 is 1.87 bits per heavy atom. The van der Waals surface area contributed by atoms with Crippen LogP contribution in [0.1, 0.15) is 20.8 Å². The molecule has 7 nitrogen and oxygen atoms in total. The van der Waals surface area contributed by atoms with Crippen molar-refractivity contribution in [3.63, 3.8) is 0 Å². The number of amidine groups is 1. The molecule has 0 spiro atoms. The number of benzene rings is 1. The average molecular weight is 558 g/mol. The van der Waals surface area contributed by atoms with Crippen molar-refractivity contribution >= 4 is 77.0 Å². The Hall–Kier alpha value is -1.60. The highest BCUT2D eigenvalue weighted by molar-refractivity contribution is 9.10. The van der Waals surface area contributed by atoms with Gasteiger partial charge in [-0.25, -0.2) is 4.98 Å². The van der Waals surface area contributed by atoms with E-state index in [2.05, 4.69) is 25.3 Å². The fraction of sp³-hybridized carbons (Fsp3) is 0.211. The maximum atomic E-state index is 13.2. The second-order valence-corrected chi connectivity index (χ2v) is 12.1. The molecule has 12 heteroatoms. The largest absolute Gasteiger partial charge is 0.286 e. The molecule has 1 fully saturated rings. The number of anilines is 1. The van der Waals surface area contributed by atoms with Crippen LogP contribution >= 0.6 is 50.8 Å². The Kier molecular flexibility index (Phi) is 6.37. The molecular weight excluding hydrogens is 540 g/mol. The summed E-state index contributed by atoms with van der Waals surface area (Å²) in [5, 5.41) is 3.51. The van der Waals surface area contributed by atoms with Gasteiger partial charge in [-0.3, -0.25) is 14.6 Å². The number of halogens is 1. The van der Waals surface area contributed by atoms with Crippen molar-refractivity contribution in [1.82, 2.24) is 9.88 Å². The fourth-order valence-corrected chi connectivity index (χ4v) is 7.43. The molecule has 0 N–H and O–H groups in total. The summed E-state index contributed by atoms with van der Waals surface area (Å²) in [6, 6.07) is 6.25. The van der Waals surface area contributed by atoms with Crippen LogP contribution in [-0.2, 0) is 14.8 Å². The van der Waals surface area contributed by atoms with E-state index in [0.29, 0.717) is 11.4 Å². The number of aromatic nitrogens is 1. The first kappa shape index (κ1) is 22.6. The van der Waals surface area contributed by atoms with Gasteiger partial charge in [-0.1, -0.05) is 27.7 Å². The van der Waals surface area contributed by atoms with Crippen molar-refractivity contribution < 1.29 is 13.2 Å². The lowest BCUT2D eigenvalue weighted by atomic mass is 10.4. The minimum atomic E-state index is -3.96. The second-order valence-electron chi connectivity index (χ2n) is 6.48. The Morgan fingerprint density at radius 1 is 1.16 bits per heavy atom. The minimum Gasteiger partial charge on any atom is -0.286 e. The smallest absolute Gasteiger partial charge is 0.284 e. The summed E-state index contributed by atoms with van der Waals surface area (Å²) in [5.41, 5.74) is 0.992. The van der Waals surface area contributed by atoms with Gasteiger partial charge in [0.2, 0.25) is 0 Å². The van der Waals surface area contributed by atoms with Crippen LogP contribution in [0.15, 0.2) is 70.1 Å². The van der Waals surface area contributed by atoms with Gasteiger partial charge in [-0.2, -0.15) is 8.42 Å². The summed E-state index contributed by atoms with van der Waals surface area (Å²) in [6.07, 6.45) is 1.72. The SMILES string of the molecule is CCN1C(=O)/C(=C2\SC(C)=C(C)N2c2nccs2)S/C1=N/S(=O)(=O)c1ccc(Br)cc1. The van der Waals surface area contributed by atoms with Crippen molar-refractivity contribution in [2.45, 2.75) is 25.7 Å². The van der Waals surface area contributed by atoms with Gasteiger partial charge >= 0.3 is 0 Å². The third kappa shape index (κ3) is 4.23. The Labute approximate surface area is 201 Å². The van der Waals surface area contributed by atoms with E-state index >= 15 is 0 Å². The zero-order chi connectivity index (χ0) is 22.3. The summed E-state index contributed by atoms with van der Waals surface area (Å²) in [4.78, 5) is 22.5. The van der Waals surface area contributed by atoms with E-state index in [9.17, 15) is 13.2 Å². The summed E-state index contributed by atoms with van der Waals surface area (Å²) < 4.78 is 30.5. The zero-order valence-electron chi connectivity index (χ0n) is 16.7. The van der Waals surface area contributed by atoms with Crippen LogP contribution in [0.4, 0.5) is 5.13 Å². The van der Waals surface area contributed by atoms with Gasteiger partial charge in [0, 0.05) is 33.2 Å². The molecule has 162 valence electrons. The summed E-state index contributed by atoms with van der Waals surface area (Å²) >= 11 is 7.34. The van der Waals surface area contributed by atoms with Crippen molar-refractivity contribution in [3.8, 4) is 0 Å². The van der Waals surface area contributed by atoms with Crippen molar-refractivity contribution in [3.05, 3.63) is 60.9 Å². The Balaban J connectivity index is 1.77. The number of amides is 1. The number of likely N-dealkylation sites (N-methyl/N-ethyl adjacent to an activating group) is 1. The third-order valence-electron chi connectivity index (χ3n) is 4.59. The molecule has 0 unspecified atom stereocenters. The molecule has 0 bridgehead atoms. The van der Waals surface area contributed by atoms with Crippen LogP contribution in [0.25, 0.3) is 0 Å². The molecule has 0 radical (unpaired) electrons. The molecule has 2 aliphatic heterocycles. The number of carbonyl (C=O) groups excluding carboxylic acids is 1. The molecule has 1 aromatic heterocycles. The molecule has 1 aromatic carbocycles. The lowest BCUT2D eigenvalue weighted by Crippen LogP contribution is -2.30. The first-order valence-electron chi connectivity index (χ1n) is 9.12. The van der Waals surface area contributed by atoms with E-state index in [0.717, 1.165) is 37.0 Å². The summed E-state index contributed by atoms with van der Waals surface area (Å²) in [5.74, 6) is -0.260. The number of hydrogen-bond acceptors (Lipinski definition) is 8. The maximum Gasteiger partial charge on any atom is 0.284 e. The van der Waals surface area contributed by atoms with Crippen molar-refractivity contribution in [1.29, 1.82) is 0 Å². The van der Waals surface area contributed by atoms with Crippen molar-refractivity contribution in [2.24, 2.45) is 4.40 Å². The number of sulfonamides is 1. The van der Waals surface area contributed by atoms with Gasteiger partial charge in [0.1, 0.15) is 9.93 Å². The number of thioether (sulfide) groups is 2. The fourth-order valence-electron chi connectivity index (χ4n) is 2.92. The normalized spacial score (nSPS) is 21.2. The highest BCUT2D eigenvalue weighted by Gasteiger charge is 2.40. The molecule has 0 saturated carbocycles. The summed E-state index contributed by atoms with van der Waals surface area (Å²) in [7, 11) is -3.96. The molecule has 2 aromatic rings. The molecule has 0 atom stereocenters. The van der Waals surface area contributed by atoms with E-state index in [1.165, 1.54) is 40.1 Å². The highest BCUT2D eigenvalue weighted by Crippen LogP contribution is 2.49. The Bertz CT molecular complexity index is 1240. The van der Waals surface area contributed by atoms with Gasteiger partial charge in [-0.05, 0) is 56.8 Å². The molecule has 2 aliphatic rings. The van der Waals surface area contributed by atoms with E-state index in [4.69, 9.17) is 0 Å². The van der Waals surface area contributed by atoms with Crippen LogP contribution in [0.5, 0.6) is 0 Å². The quantitative estimate of drug-likeness (QED) is 0.477. The van der Waals surface area contributed by atoms with E-state index in [-0.39, 0.29) is 16.0 Å². The molecular formula is C19H17BrN4O3S4. The molecule has 31 heavy (non-hydrogen) atoms.